The van der Waals surface area contributed by atoms with Gasteiger partial charge in [-0.25, -0.2) is 4.98 Å². The molecule has 1 saturated heterocycles. The van der Waals surface area contributed by atoms with Crippen molar-refractivity contribution in [1.82, 2.24) is 14.5 Å². The van der Waals surface area contributed by atoms with Gasteiger partial charge >= 0.3 is 0 Å². The van der Waals surface area contributed by atoms with Gasteiger partial charge in [-0.15, -0.1) is 0 Å². The predicted octanol–water partition coefficient (Wildman–Crippen LogP) is 4.72. The number of fused-ring (bicyclic) bond motifs is 1. The summed E-state index contributed by atoms with van der Waals surface area (Å²) in [6.45, 7) is 8.12. The van der Waals surface area contributed by atoms with Crippen LogP contribution in [0.15, 0.2) is 36.4 Å². The van der Waals surface area contributed by atoms with Gasteiger partial charge in [-0.3, -0.25) is 9.59 Å². The maximum Gasteiger partial charge on any atom is 0.256 e. The highest BCUT2D eigenvalue weighted by Gasteiger charge is 2.27. The van der Waals surface area contributed by atoms with E-state index in [1.807, 2.05) is 42.2 Å². The van der Waals surface area contributed by atoms with Crippen LogP contribution in [0.1, 0.15) is 50.4 Å². The number of methoxy groups -OCH3 is 1. The second kappa shape index (κ2) is 10.9. The summed E-state index contributed by atoms with van der Waals surface area (Å²) < 4.78 is 13.3. The van der Waals surface area contributed by atoms with Gasteiger partial charge in [-0.1, -0.05) is 19.1 Å². The van der Waals surface area contributed by atoms with Gasteiger partial charge in [0.05, 0.1) is 29.8 Å². The lowest BCUT2D eigenvalue weighted by Crippen LogP contribution is -2.38. The van der Waals surface area contributed by atoms with Crippen LogP contribution in [-0.2, 0) is 16.1 Å². The summed E-state index contributed by atoms with van der Waals surface area (Å²) in [5.74, 6) is 1.21. The minimum absolute atomic E-state index is 0.0583. The van der Waals surface area contributed by atoms with Crippen molar-refractivity contribution < 1.29 is 19.1 Å². The SMILES string of the molecule is CCCN(CC1CCCO1)C(=O)c1cc(NC(C)=O)cc2nc(-c3cccc(OC)c3)n(CC)c12. The van der Waals surface area contributed by atoms with E-state index < -0.39 is 0 Å². The number of anilines is 1. The largest absolute Gasteiger partial charge is 0.497 e. The second-order valence-corrected chi connectivity index (χ2v) is 8.87. The number of rotatable bonds is 9. The first-order valence-electron chi connectivity index (χ1n) is 12.3. The number of carbonyl (C=O) groups excluding carboxylic acids is 2. The van der Waals surface area contributed by atoms with E-state index in [-0.39, 0.29) is 17.9 Å². The van der Waals surface area contributed by atoms with E-state index in [0.717, 1.165) is 48.5 Å². The Morgan fingerprint density at radius 2 is 2.09 bits per heavy atom. The summed E-state index contributed by atoms with van der Waals surface area (Å²) in [6, 6.07) is 11.3. The first-order chi connectivity index (χ1) is 16.9. The van der Waals surface area contributed by atoms with E-state index in [1.54, 1.807) is 13.2 Å². The number of amides is 2. The van der Waals surface area contributed by atoms with Crippen molar-refractivity contribution in [2.45, 2.75) is 52.7 Å². The maximum atomic E-state index is 14.0. The van der Waals surface area contributed by atoms with Gasteiger partial charge in [-0.2, -0.15) is 0 Å². The average molecular weight is 479 g/mol. The highest BCUT2D eigenvalue weighted by atomic mass is 16.5. The molecule has 2 heterocycles. The second-order valence-electron chi connectivity index (χ2n) is 8.87. The Morgan fingerprint density at radius 1 is 1.26 bits per heavy atom. The van der Waals surface area contributed by atoms with Crippen molar-refractivity contribution in [2.75, 3.05) is 32.1 Å². The Morgan fingerprint density at radius 3 is 2.74 bits per heavy atom. The lowest BCUT2D eigenvalue weighted by molar-refractivity contribution is -0.114. The van der Waals surface area contributed by atoms with Crippen LogP contribution in [0.4, 0.5) is 5.69 Å². The number of imidazole rings is 1. The minimum Gasteiger partial charge on any atom is -0.497 e. The fourth-order valence-electron chi connectivity index (χ4n) is 4.75. The number of aromatic nitrogens is 2. The van der Waals surface area contributed by atoms with Gasteiger partial charge in [0.15, 0.2) is 0 Å². The van der Waals surface area contributed by atoms with Crippen molar-refractivity contribution in [3.63, 3.8) is 0 Å². The van der Waals surface area contributed by atoms with Gasteiger partial charge in [0.1, 0.15) is 11.6 Å². The highest BCUT2D eigenvalue weighted by Crippen LogP contribution is 2.32. The molecular weight excluding hydrogens is 444 g/mol. The lowest BCUT2D eigenvalue weighted by Gasteiger charge is -2.26. The zero-order chi connectivity index (χ0) is 24.9. The molecule has 0 radical (unpaired) electrons. The monoisotopic (exact) mass is 478 g/mol. The molecule has 2 aromatic carbocycles. The Kier molecular flexibility index (Phi) is 7.70. The van der Waals surface area contributed by atoms with E-state index in [2.05, 4.69) is 16.8 Å². The number of ether oxygens (including phenoxy) is 2. The molecule has 0 saturated carbocycles. The van der Waals surface area contributed by atoms with E-state index >= 15 is 0 Å². The average Bonchev–Trinajstić information content (AvgIpc) is 3.50. The summed E-state index contributed by atoms with van der Waals surface area (Å²) in [7, 11) is 1.63. The van der Waals surface area contributed by atoms with Crippen molar-refractivity contribution in [3.8, 4) is 17.1 Å². The number of aryl methyl sites for hydroxylation is 1. The molecule has 8 heteroatoms. The van der Waals surface area contributed by atoms with Crippen LogP contribution in [0.2, 0.25) is 0 Å². The first kappa shape index (κ1) is 24.7. The van der Waals surface area contributed by atoms with Crippen molar-refractivity contribution in [3.05, 3.63) is 42.0 Å². The molecule has 35 heavy (non-hydrogen) atoms. The third-order valence-corrected chi connectivity index (χ3v) is 6.27. The molecule has 1 aliphatic rings. The first-order valence-corrected chi connectivity index (χ1v) is 12.3. The molecule has 186 valence electrons. The van der Waals surface area contributed by atoms with Crippen molar-refractivity contribution >= 4 is 28.5 Å². The van der Waals surface area contributed by atoms with Gasteiger partial charge in [0.25, 0.3) is 5.91 Å². The van der Waals surface area contributed by atoms with Crippen molar-refractivity contribution in [2.24, 2.45) is 0 Å². The zero-order valence-corrected chi connectivity index (χ0v) is 21.0. The smallest absolute Gasteiger partial charge is 0.256 e. The Labute approximate surface area is 206 Å². The molecule has 1 aromatic heterocycles. The molecule has 8 nitrogen and oxygen atoms in total. The molecule has 4 rings (SSSR count). The maximum absolute atomic E-state index is 14.0. The molecule has 0 aliphatic carbocycles. The Hall–Kier alpha value is -3.39. The lowest BCUT2D eigenvalue weighted by atomic mass is 10.1. The molecule has 0 spiro atoms. The van der Waals surface area contributed by atoms with Gasteiger partial charge in [0.2, 0.25) is 5.91 Å². The number of hydrogen-bond acceptors (Lipinski definition) is 5. The van der Waals surface area contributed by atoms with Crippen LogP contribution in [0.5, 0.6) is 5.75 Å². The minimum atomic E-state index is -0.199. The molecule has 3 aromatic rings. The van der Waals surface area contributed by atoms with Crippen LogP contribution in [-0.4, -0.2) is 59.2 Å². The van der Waals surface area contributed by atoms with Gasteiger partial charge in [-0.05, 0) is 50.5 Å². The summed E-state index contributed by atoms with van der Waals surface area (Å²) in [6.07, 6.45) is 2.88. The Bertz CT molecular complexity index is 1210. The predicted molar refractivity (Wildman–Crippen MR) is 137 cm³/mol. The zero-order valence-electron chi connectivity index (χ0n) is 21.0. The number of benzene rings is 2. The molecular formula is C27H34N4O4. The molecule has 2 amide bonds. The third kappa shape index (κ3) is 5.32. The van der Waals surface area contributed by atoms with Gasteiger partial charge < -0.3 is 24.3 Å². The van der Waals surface area contributed by atoms with E-state index in [0.29, 0.717) is 36.4 Å². The third-order valence-electron chi connectivity index (χ3n) is 6.27. The standard InChI is InChI=1S/C27H34N4O4/c1-5-12-30(17-22-11-8-13-35-22)27(33)23-15-20(28-18(3)32)16-24-25(23)31(6-2)26(29-24)19-9-7-10-21(14-19)34-4/h7,9-10,14-16,22H,5-6,8,11-13,17H2,1-4H3,(H,28,32). The number of nitrogens with one attached hydrogen (secondary N) is 1. The summed E-state index contributed by atoms with van der Waals surface area (Å²) >= 11 is 0. The summed E-state index contributed by atoms with van der Waals surface area (Å²) in [5.41, 5.74) is 3.40. The number of carbonyl (C=O) groups is 2. The topological polar surface area (TPSA) is 85.7 Å². The van der Waals surface area contributed by atoms with E-state index in [1.165, 1.54) is 6.92 Å². The molecule has 1 atom stereocenters. The molecule has 1 fully saturated rings. The van der Waals surface area contributed by atoms with Gasteiger partial charge in [0, 0.05) is 44.4 Å². The van der Waals surface area contributed by atoms with Crippen LogP contribution in [0.3, 0.4) is 0 Å². The quantitative estimate of drug-likeness (QED) is 0.481. The fourth-order valence-corrected chi connectivity index (χ4v) is 4.75. The number of hydrogen-bond donors (Lipinski definition) is 1. The molecule has 1 unspecified atom stereocenters. The van der Waals surface area contributed by atoms with Crippen LogP contribution in [0.25, 0.3) is 22.4 Å². The molecule has 0 bridgehead atoms. The fraction of sp³-hybridized carbons (Fsp3) is 0.444. The highest BCUT2D eigenvalue weighted by molar-refractivity contribution is 6.08. The normalized spacial score (nSPS) is 15.4. The van der Waals surface area contributed by atoms with Crippen molar-refractivity contribution in [1.29, 1.82) is 0 Å². The summed E-state index contributed by atoms with van der Waals surface area (Å²) in [4.78, 5) is 32.6. The van der Waals surface area contributed by atoms with Crippen LogP contribution >= 0.6 is 0 Å². The van der Waals surface area contributed by atoms with E-state index in [9.17, 15) is 9.59 Å². The van der Waals surface area contributed by atoms with Crippen LogP contribution in [0, 0.1) is 0 Å². The summed E-state index contributed by atoms with van der Waals surface area (Å²) in [5, 5.41) is 2.84. The number of nitrogens with zero attached hydrogens (tertiary/aromatic N) is 3. The Balaban J connectivity index is 1.87. The molecule has 1 N–H and O–H groups in total. The van der Waals surface area contributed by atoms with E-state index in [4.69, 9.17) is 14.5 Å². The van der Waals surface area contributed by atoms with Crippen LogP contribution < -0.4 is 10.1 Å². The molecule has 1 aliphatic heterocycles.